The van der Waals surface area contributed by atoms with Crippen molar-refractivity contribution in [2.75, 3.05) is 0 Å². The van der Waals surface area contributed by atoms with Crippen LogP contribution in [-0.4, -0.2) is 45.6 Å². The summed E-state index contributed by atoms with van der Waals surface area (Å²) in [5.41, 5.74) is 0.519. The number of hydrogen-bond donors (Lipinski definition) is 0. The number of Topliss-reactive ketones (excluding diaryl/α,β-unsaturated/α-hetero) is 1. The lowest BCUT2D eigenvalue weighted by Crippen LogP contribution is -2.47. The first kappa shape index (κ1) is 16.4. The maximum atomic E-state index is 13.1. The third-order valence-electron chi connectivity index (χ3n) is 5.24. The molecule has 1 aromatic carbocycles. The van der Waals surface area contributed by atoms with Crippen LogP contribution in [0.15, 0.2) is 41.6 Å². The van der Waals surface area contributed by atoms with Crippen LogP contribution in [0.1, 0.15) is 49.0 Å². The molecule has 2 saturated heterocycles. The minimum atomic E-state index is -3.56. The Morgan fingerprint density at radius 2 is 1.56 bits per heavy atom. The van der Waals surface area contributed by atoms with Crippen molar-refractivity contribution in [2.45, 2.75) is 55.6 Å². The number of sulfonamides is 1. The van der Waals surface area contributed by atoms with Crippen LogP contribution in [0, 0.1) is 0 Å². The van der Waals surface area contributed by atoms with Crippen molar-refractivity contribution in [3.05, 3.63) is 42.2 Å². The Balaban J connectivity index is 1.60. The van der Waals surface area contributed by atoms with Gasteiger partial charge in [-0.25, -0.2) is 8.42 Å². The molecule has 1 aromatic heterocycles. The van der Waals surface area contributed by atoms with E-state index in [9.17, 15) is 13.2 Å². The summed E-state index contributed by atoms with van der Waals surface area (Å²) in [6.45, 7) is 1.47. The van der Waals surface area contributed by atoms with Gasteiger partial charge in [0, 0.05) is 17.6 Å². The van der Waals surface area contributed by atoms with E-state index in [2.05, 4.69) is 10.2 Å². The second-order valence-electron chi connectivity index (χ2n) is 6.78. The molecule has 25 heavy (non-hydrogen) atoms. The van der Waals surface area contributed by atoms with Crippen LogP contribution in [0.2, 0.25) is 0 Å². The highest BCUT2D eigenvalue weighted by atomic mass is 32.2. The fourth-order valence-electron chi connectivity index (χ4n) is 4.08. The van der Waals surface area contributed by atoms with Crippen molar-refractivity contribution in [3.63, 3.8) is 0 Å². The highest BCUT2D eigenvalue weighted by Crippen LogP contribution is 2.43. The van der Waals surface area contributed by atoms with Crippen molar-refractivity contribution >= 4 is 15.8 Å². The SMILES string of the molecule is CC(=O)c1ccc(S(=O)(=O)N2C3CCC2CC(n2nccn2)C3)cc1. The van der Waals surface area contributed by atoms with Gasteiger partial charge in [0.05, 0.1) is 23.3 Å². The van der Waals surface area contributed by atoms with Gasteiger partial charge in [-0.05, 0) is 44.7 Å². The molecule has 0 aliphatic carbocycles. The molecule has 0 N–H and O–H groups in total. The van der Waals surface area contributed by atoms with Crippen molar-refractivity contribution in [3.8, 4) is 0 Å². The van der Waals surface area contributed by atoms with Gasteiger partial charge in [-0.1, -0.05) is 12.1 Å². The third-order valence-corrected chi connectivity index (χ3v) is 7.26. The van der Waals surface area contributed by atoms with Gasteiger partial charge in [0.15, 0.2) is 5.78 Å². The number of rotatable bonds is 4. The van der Waals surface area contributed by atoms with Crippen LogP contribution in [0.4, 0.5) is 0 Å². The number of fused-ring (bicyclic) bond motifs is 2. The molecule has 2 fully saturated rings. The zero-order chi connectivity index (χ0) is 17.6. The minimum Gasteiger partial charge on any atom is -0.295 e. The average molecular weight is 360 g/mol. The van der Waals surface area contributed by atoms with Crippen LogP contribution in [0.25, 0.3) is 0 Å². The first-order valence-electron chi connectivity index (χ1n) is 8.47. The highest BCUT2D eigenvalue weighted by molar-refractivity contribution is 7.89. The van der Waals surface area contributed by atoms with Gasteiger partial charge in [0.1, 0.15) is 0 Å². The van der Waals surface area contributed by atoms with Gasteiger partial charge in [0.25, 0.3) is 0 Å². The Bertz CT molecular complexity index is 863. The molecule has 0 amide bonds. The smallest absolute Gasteiger partial charge is 0.243 e. The number of nitrogens with zero attached hydrogens (tertiary/aromatic N) is 4. The van der Waals surface area contributed by atoms with Crippen LogP contribution < -0.4 is 0 Å². The fourth-order valence-corrected chi connectivity index (χ4v) is 5.98. The van der Waals surface area contributed by atoms with Crippen LogP contribution >= 0.6 is 0 Å². The van der Waals surface area contributed by atoms with Gasteiger partial charge in [-0.2, -0.15) is 19.3 Å². The number of piperidine rings is 1. The molecule has 2 unspecified atom stereocenters. The monoisotopic (exact) mass is 360 g/mol. The molecule has 3 heterocycles. The van der Waals surface area contributed by atoms with E-state index in [-0.39, 0.29) is 28.8 Å². The number of aromatic nitrogens is 3. The van der Waals surface area contributed by atoms with Crippen LogP contribution in [-0.2, 0) is 10.0 Å². The van der Waals surface area contributed by atoms with E-state index in [1.807, 2.05) is 0 Å². The summed E-state index contributed by atoms with van der Waals surface area (Å²) >= 11 is 0. The largest absolute Gasteiger partial charge is 0.295 e. The second-order valence-corrected chi connectivity index (χ2v) is 8.62. The lowest BCUT2D eigenvalue weighted by Gasteiger charge is -2.37. The molecule has 132 valence electrons. The first-order valence-corrected chi connectivity index (χ1v) is 9.91. The van der Waals surface area contributed by atoms with E-state index in [1.165, 1.54) is 19.1 Å². The maximum absolute atomic E-state index is 13.1. The van der Waals surface area contributed by atoms with E-state index < -0.39 is 10.0 Å². The second kappa shape index (κ2) is 6.03. The summed E-state index contributed by atoms with van der Waals surface area (Å²) in [4.78, 5) is 13.4. The van der Waals surface area contributed by atoms with Gasteiger partial charge >= 0.3 is 0 Å². The number of ketones is 1. The van der Waals surface area contributed by atoms with Crippen LogP contribution in [0.3, 0.4) is 0 Å². The summed E-state index contributed by atoms with van der Waals surface area (Å²) in [7, 11) is -3.56. The van der Waals surface area contributed by atoms with E-state index in [0.717, 1.165) is 25.7 Å². The molecular formula is C17H20N4O3S. The molecular weight excluding hydrogens is 340 g/mol. The standard InChI is InChI=1S/C17H20N4O3S/c1-12(22)13-2-6-17(7-3-13)25(23,24)20-14-4-5-15(20)11-16(10-14)21-18-8-9-19-21/h2-3,6-9,14-16H,4-5,10-11H2,1H3. The molecule has 2 atom stereocenters. The van der Waals surface area contributed by atoms with Gasteiger partial charge in [0.2, 0.25) is 10.0 Å². The van der Waals surface area contributed by atoms with Crippen molar-refractivity contribution in [2.24, 2.45) is 0 Å². The zero-order valence-corrected chi connectivity index (χ0v) is 14.8. The first-order chi connectivity index (χ1) is 12.0. The molecule has 2 aliphatic rings. The van der Waals surface area contributed by atoms with Crippen molar-refractivity contribution in [1.29, 1.82) is 0 Å². The minimum absolute atomic E-state index is 0.0211. The molecule has 2 aliphatic heterocycles. The quantitative estimate of drug-likeness (QED) is 0.779. The van der Waals surface area contributed by atoms with E-state index in [4.69, 9.17) is 0 Å². The van der Waals surface area contributed by atoms with Crippen molar-refractivity contribution in [1.82, 2.24) is 19.3 Å². The summed E-state index contributed by atoms with van der Waals surface area (Å²) in [6.07, 6.45) is 6.51. The molecule has 7 nitrogen and oxygen atoms in total. The lowest BCUT2D eigenvalue weighted by atomic mass is 10.0. The number of hydrogen-bond acceptors (Lipinski definition) is 5. The predicted molar refractivity (Wildman–Crippen MR) is 90.6 cm³/mol. The third kappa shape index (κ3) is 2.79. The predicted octanol–water partition coefficient (Wildman–Crippen LogP) is 2.04. The summed E-state index contributed by atoms with van der Waals surface area (Å²) in [5, 5.41) is 8.43. The van der Waals surface area contributed by atoms with E-state index in [1.54, 1.807) is 33.6 Å². The molecule has 0 spiro atoms. The van der Waals surface area contributed by atoms with E-state index in [0.29, 0.717) is 5.56 Å². The summed E-state index contributed by atoms with van der Waals surface area (Å²) in [5.74, 6) is -0.0726. The van der Waals surface area contributed by atoms with Crippen LogP contribution in [0.5, 0.6) is 0 Å². The topological polar surface area (TPSA) is 85.2 Å². The maximum Gasteiger partial charge on any atom is 0.243 e. The van der Waals surface area contributed by atoms with E-state index >= 15 is 0 Å². The molecule has 2 bridgehead atoms. The van der Waals surface area contributed by atoms with Gasteiger partial charge in [-0.3, -0.25) is 4.79 Å². The molecule has 2 aromatic rings. The number of carbonyl (C=O) groups is 1. The molecule has 8 heteroatoms. The molecule has 4 rings (SSSR count). The fraction of sp³-hybridized carbons (Fsp3) is 0.471. The van der Waals surface area contributed by atoms with Gasteiger partial charge < -0.3 is 0 Å². The number of benzene rings is 1. The van der Waals surface area contributed by atoms with Gasteiger partial charge in [-0.15, -0.1) is 0 Å². The zero-order valence-electron chi connectivity index (χ0n) is 13.9. The Morgan fingerprint density at radius 3 is 2.08 bits per heavy atom. The lowest BCUT2D eigenvalue weighted by molar-refractivity contribution is 0.101. The normalized spacial score (nSPS) is 26.7. The molecule has 0 radical (unpaired) electrons. The highest BCUT2D eigenvalue weighted by Gasteiger charge is 2.47. The Morgan fingerprint density at radius 1 is 1.00 bits per heavy atom. The van der Waals surface area contributed by atoms with Crippen molar-refractivity contribution < 1.29 is 13.2 Å². The summed E-state index contributed by atoms with van der Waals surface area (Å²) < 4.78 is 27.9. The average Bonchev–Trinajstić information content (AvgIpc) is 3.22. The Labute approximate surface area is 146 Å². The number of carbonyl (C=O) groups excluding carboxylic acids is 1. The Kier molecular flexibility index (Phi) is 3.96. The Hall–Kier alpha value is -2.06. The summed E-state index contributed by atoms with van der Waals surface area (Å²) in [6, 6.07) is 6.34. The molecule has 0 saturated carbocycles.